The third-order valence-electron chi connectivity index (χ3n) is 4.53. The van der Waals surface area contributed by atoms with Gasteiger partial charge in [-0.3, -0.25) is 4.90 Å². The molecule has 0 aliphatic carbocycles. The van der Waals surface area contributed by atoms with E-state index in [-0.39, 0.29) is 6.04 Å². The average Bonchev–Trinajstić information content (AvgIpc) is 2.97. The van der Waals surface area contributed by atoms with Gasteiger partial charge in [-0.1, -0.05) is 36.8 Å². The molecule has 2 nitrogen and oxygen atoms in total. The normalized spacial score (nSPS) is 18.2. The van der Waals surface area contributed by atoms with Crippen molar-refractivity contribution in [2.24, 2.45) is 5.73 Å². The van der Waals surface area contributed by atoms with E-state index in [4.69, 9.17) is 5.73 Å². The minimum atomic E-state index is 0.188. The van der Waals surface area contributed by atoms with Gasteiger partial charge in [-0.25, -0.2) is 0 Å². The van der Waals surface area contributed by atoms with Crippen LogP contribution in [0, 0.1) is 6.92 Å². The molecule has 2 atom stereocenters. The third kappa shape index (κ3) is 3.05. The van der Waals surface area contributed by atoms with Gasteiger partial charge in [-0.05, 0) is 42.3 Å². The standard InChI is InChI=1S/C18H24N2S/c1-3-16(19)18(14-6-4-13(2)5-7-14)20-10-8-17-15(12-20)9-11-21-17/h4-7,9,11,16,18H,3,8,10,12,19H2,1-2H3. The molecule has 1 aliphatic heterocycles. The lowest BCUT2D eigenvalue weighted by Crippen LogP contribution is -2.43. The molecule has 0 radical (unpaired) electrons. The number of fused-ring (bicyclic) bond motifs is 1. The number of nitrogens with two attached hydrogens (primary N) is 1. The summed E-state index contributed by atoms with van der Waals surface area (Å²) in [5.41, 5.74) is 10.6. The van der Waals surface area contributed by atoms with Crippen molar-refractivity contribution >= 4 is 11.3 Å². The minimum Gasteiger partial charge on any atom is -0.326 e. The van der Waals surface area contributed by atoms with Crippen LogP contribution in [0.5, 0.6) is 0 Å². The van der Waals surface area contributed by atoms with Gasteiger partial charge in [0.2, 0.25) is 0 Å². The number of hydrogen-bond donors (Lipinski definition) is 1. The molecule has 1 aliphatic rings. The second kappa shape index (κ2) is 6.30. The van der Waals surface area contributed by atoms with Crippen molar-refractivity contribution in [3.8, 4) is 0 Å². The van der Waals surface area contributed by atoms with Crippen LogP contribution < -0.4 is 5.73 Å². The lowest BCUT2D eigenvalue weighted by Gasteiger charge is -2.38. The van der Waals surface area contributed by atoms with Crippen molar-refractivity contribution in [2.45, 2.75) is 45.3 Å². The average molecular weight is 300 g/mol. The molecule has 1 aromatic heterocycles. The van der Waals surface area contributed by atoms with Gasteiger partial charge < -0.3 is 5.73 Å². The molecule has 0 amide bonds. The Bertz CT molecular complexity index is 588. The highest BCUT2D eigenvalue weighted by Gasteiger charge is 2.28. The number of thiophene rings is 1. The van der Waals surface area contributed by atoms with Crippen LogP contribution in [-0.2, 0) is 13.0 Å². The zero-order chi connectivity index (χ0) is 14.8. The Labute approximate surface area is 131 Å². The number of aryl methyl sites for hydroxylation is 1. The summed E-state index contributed by atoms with van der Waals surface area (Å²) in [6.45, 7) is 6.47. The van der Waals surface area contributed by atoms with Gasteiger partial charge in [-0.2, -0.15) is 0 Å². The van der Waals surface area contributed by atoms with Crippen LogP contribution in [0.25, 0.3) is 0 Å². The van der Waals surface area contributed by atoms with Crippen LogP contribution in [0.2, 0.25) is 0 Å². The van der Waals surface area contributed by atoms with Gasteiger partial charge in [0, 0.05) is 24.0 Å². The summed E-state index contributed by atoms with van der Waals surface area (Å²) in [5, 5.41) is 2.22. The molecular weight excluding hydrogens is 276 g/mol. The maximum Gasteiger partial charge on any atom is 0.0502 e. The van der Waals surface area contributed by atoms with Crippen molar-refractivity contribution in [3.63, 3.8) is 0 Å². The summed E-state index contributed by atoms with van der Waals surface area (Å²) in [6.07, 6.45) is 2.16. The summed E-state index contributed by atoms with van der Waals surface area (Å²) in [4.78, 5) is 4.12. The van der Waals surface area contributed by atoms with E-state index < -0.39 is 0 Å². The SMILES string of the molecule is CCC(N)C(c1ccc(C)cc1)N1CCc2sccc2C1. The highest BCUT2D eigenvalue weighted by molar-refractivity contribution is 7.10. The first kappa shape index (κ1) is 14.8. The van der Waals surface area contributed by atoms with Gasteiger partial charge in [0.1, 0.15) is 0 Å². The van der Waals surface area contributed by atoms with Crippen LogP contribution in [0.3, 0.4) is 0 Å². The molecule has 0 fully saturated rings. The van der Waals surface area contributed by atoms with Crippen molar-refractivity contribution in [1.82, 2.24) is 4.90 Å². The Morgan fingerprint density at radius 2 is 2.00 bits per heavy atom. The highest BCUT2D eigenvalue weighted by atomic mass is 32.1. The predicted octanol–water partition coefficient (Wildman–Crippen LogP) is 3.89. The molecule has 2 unspecified atom stereocenters. The Hall–Kier alpha value is -1.16. The van der Waals surface area contributed by atoms with Crippen LogP contribution in [0.15, 0.2) is 35.7 Å². The van der Waals surface area contributed by atoms with Crippen molar-refractivity contribution in [3.05, 3.63) is 57.3 Å². The van der Waals surface area contributed by atoms with Gasteiger partial charge in [0.05, 0.1) is 6.04 Å². The smallest absolute Gasteiger partial charge is 0.0502 e. The Kier molecular flexibility index (Phi) is 4.43. The molecule has 2 heterocycles. The highest BCUT2D eigenvalue weighted by Crippen LogP contribution is 2.32. The molecule has 0 saturated carbocycles. The van der Waals surface area contributed by atoms with E-state index in [1.54, 1.807) is 4.88 Å². The molecular formula is C18H24N2S. The summed E-state index contributed by atoms with van der Waals surface area (Å²) in [5.74, 6) is 0. The van der Waals surface area contributed by atoms with Gasteiger partial charge in [0.15, 0.2) is 0 Å². The summed E-state index contributed by atoms with van der Waals surface area (Å²) < 4.78 is 0. The Morgan fingerprint density at radius 1 is 1.24 bits per heavy atom. The van der Waals surface area contributed by atoms with Crippen LogP contribution in [0.4, 0.5) is 0 Å². The number of rotatable bonds is 4. The van der Waals surface area contributed by atoms with Crippen LogP contribution >= 0.6 is 11.3 Å². The molecule has 21 heavy (non-hydrogen) atoms. The number of benzene rings is 1. The Morgan fingerprint density at radius 3 is 2.71 bits per heavy atom. The van der Waals surface area contributed by atoms with E-state index in [2.05, 4.69) is 54.5 Å². The molecule has 1 aromatic carbocycles. The number of nitrogens with zero attached hydrogens (tertiary/aromatic N) is 1. The van der Waals surface area contributed by atoms with Gasteiger partial charge >= 0.3 is 0 Å². The fraction of sp³-hybridized carbons (Fsp3) is 0.444. The van der Waals surface area contributed by atoms with E-state index in [9.17, 15) is 0 Å². The lowest BCUT2D eigenvalue weighted by molar-refractivity contribution is 0.154. The summed E-state index contributed by atoms with van der Waals surface area (Å²) in [7, 11) is 0. The first-order valence-corrected chi connectivity index (χ1v) is 8.68. The lowest BCUT2D eigenvalue weighted by atomic mass is 9.93. The second-order valence-electron chi connectivity index (χ2n) is 6.02. The number of hydrogen-bond acceptors (Lipinski definition) is 3. The largest absolute Gasteiger partial charge is 0.326 e. The second-order valence-corrected chi connectivity index (χ2v) is 7.02. The molecule has 3 heteroatoms. The molecule has 112 valence electrons. The van der Waals surface area contributed by atoms with E-state index in [1.165, 1.54) is 16.7 Å². The van der Waals surface area contributed by atoms with E-state index >= 15 is 0 Å². The monoisotopic (exact) mass is 300 g/mol. The quantitative estimate of drug-likeness (QED) is 0.928. The first-order chi connectivity index (χ1) is 10.2. The topological polar surface area (TPSA) is 29.3 Å². The fourth-order valence-corrected chi connectivity index (χ4v) is 4.11. The molecule has 0 spiro atoms. The minimum absolute atomic E-state index is 0.188. The van der Waals surface area contributed by atoms with Crippen molar-refractivity contribution in [1.29, 1.82) is 0 Å². The van der Waals surface area contributed by atoms with Crippen LogP contribution in [0.1, 0.15) is 41.0 Å². The molecule has 3 rings (SSSR count). The van der Waals surface area contributed by atoms with Crippen LogP contribution in [-0.4, -0.2) is 17.5 Å². The summed E-state index contributed by atoms with van der Waals surface area (Å²) >= 11 is 1.89. The zero-order valence-corrected chi connectivity index (χ0v) is 13.7. The zero-order valence-electron chi connectivity index (χ0n) is 12.9. The molecule has 2 aromatic rings. The Balaban J connectivity index is 1.88. The maximum atomic E-state index is 6.47. The predicted molar refractivity (Wildman–Crippen MR) is 90.6 cm³/mol. The molecule has 2 N–H and O–H groups in total. The summed E-state index contributed by atoms with van der Waals surface area (Å²) in [6, 6.07) is 11.7. The van der Waals surface area contributed by atoms with Gasteiger partial charge in [0.25, 0.3) is 0 Å². The van der Waals surface area contributed by atoms with E-state index in [1.807, 2.05) is 11.3 Å². The van der Waals surface area contributed by atoms with Gasteiger partial charge in [-0.15, -0.1) is 11.3 Å². The third-order valence-corrected chi connectivity index (χ3v) is 5.55. The molecule has 0 saturated heterocycles. The first-order valence-electron chi connectivity index (χ1n) is 7.80. The maximum absolute atomic E-state index is 6.47. The van der Waals surface area contributed by atoms with Crippen molar-refractivity contribution < 1.29 is 0 Å². The van der Waals surface area contributed by atoms with E-state index in [0.29, 0.717) is 6.04 Å². The fourth-order valence-electron chi connectivity index (χ4n) is 3.22. The van der Waals surface area contributed by atoms with Crippen molar-refractivity contribution in [2.75, 3.05) is 6.54 Å². The van der Waals surface area contributed by atoms with E-state index in [0.717, 1.165) is 25.9 Å². The molecule has 0 bridgehead atoms.